The van der Waals surface area contributed by atoms with Crippen LogP contribution in [0.3, 0.4) is 0 Å². The van der Waals surface area contributed by atoms with Gasteiger partial charge in [0, 0.05) is 19.6 Å². The van der Waals surface area contributed by atoms with Crippen LogP contribution in [0.2, 0.25) is 0 Å². The van der Waals surface area contributed by atoms with E-state index in [0.717, 1.165) is 11.1 Å². The van der Waals surface area contributed by atoms with Crippen LogP contribution in [-0.2, 0) is 20.9 Å². The minimum absolute atomic E-state index is 0.0572. The van der Waals surface area contributed by atoms with Gasteiger partial charge in [-0.15, -0.1) is 0 Å². The fourth-order valence-corrected chi connectivity index (χ4v) is 3.56. The highest BCUT2D eigenvalue weighted by molar-refractivity contribution is 5.87. The maximum atomic E-state index is 13.3. The summed E-state index contributed by atoms with van der Waals surface area (Å²) in [5.41, 5.74) is 1.91. The number of esters is 1. The second-order valence-electron chi connectivity index (χ2n) is 6.81. The molecule has 0 spiro atoms. The molecule has 1 saturated heterocycles. The molecule has 2 aromatic carbocycles. The minimum Gasteiger partial charge on any atom is -0.493 e. The van der Waals surface area contributed by atoms with Crippen LogP contribution in [0.4, 0.5) is 0 Å². The molecule has 0 saturated carbocycles. The molecule has 29 heavy (non-hydrogen) atoms. The van der Waals surface area contributed by atoms with Crippen LogP contribution < -0.4 is 9.47 Å². The summed E-state index contributed by atoms with van der Waals surface area (Å²) in [5.74, 6) is 0.591. The quantitative estimate of drug-likeness (QED) is 0.667. The molecule has 3 rings (SSSR count). The fraction of sp³-hybridized carbons (Fsp3) is 0.364. The van der Waals surface area contributed by atoms with Crippen LogP contribution in [0.1, 0.15) is 17.2 Å². The third-order valence-corrected chi connectivity index (χ3v) is 5.07. The number of amides is 1. The summed E-state index contributed by atoms with van der Waals surface area (Å²) in [5, 5.41) is 0. The van der Waals surface area contributed by atoms with Crippen molar-refractivity contribution >= 4 is 11.9 Å². The third kappa shape index (κ3) is 4.68. The second-order valence-corrected chi connectivity index (χ2v) is 6.81. The van der Waals surface area contributed by atoms with Crippen molar-refractivity contribution in [1.82, 2.24) is 9.80 Å². The van der Waals surface area contributed by atoms with Crippen molar-refractivity contribution in [3.05, 3.63) is 59.7 Å². The largest absolute Gasteiger partial charge is 0.493 e. The molecule has 154 valence electrons. The van der Waals surface area contributed by atoms with Gasteiger partial charge in [0.1, 0.15) is 12.6 Å². The SMILES string of the molecule is COC(=O)CN1CCN(Cc2ccccc2)C(c2ccc(OC)c(OC)c2)C1=O. The summed E-state index contributed by atoms with van der Waals surface area (Å²) < 4.78 is 15.5. The van der Waals surface area contributed by atoms with Gasteiger partial charge in [-0.25, -0.2) is 0 Å². The van der Waals surface area contributed by atoms with E-state index in [-0.39, 0.29) is 12.5 Å². The highest BCUT2D eigenvalue weighted by Crippen LogP contribution is 2.34. The molecule has 1 unspecified atom stereocenters. The standard InChI is InChI=1S/C22H26N2O5/c1-27-18-10-9-17(13-19(18)28-2)21-22(26)24(15-20(25)29-3)12-11-23(21)14-16-7-5-4-6-8-16/h4-10,13,21H,11-12,14-15H2,1-3H3. The molecule has 2 aromatic rings. The topological polar surface area (TPSA) is 68.3 Å². The third-order valence-electron chi connectivity index (χ3n) is 5.07. The average Bonchev–Trinajstić information content (AvgIpc) is 2.76. The van der Waals surface area contributed by atoms with Crippen molar-refractivity contribution in [2.45, 2.75) is 12.6 Å². The number of carbonyl (C=O) groups is 2. The van der Waals surface area contributed by atoms with Crippen LogP contribution in [0.15, 0.2) is 48.5 Å². The number of nitrogens with zero attached hydrogens (tertiary/aromatic N) is 2. The summed E-state index contributed by atoms with van der Waals surface area (Å²) in [6.07, 6.45) is 0. The first-order valence-electron chi connectivity index (χ1n) is 9.43. The number of hydrogen-bond donors (Lipinski definition) is 0. The number of rotatable bonds is 7. The molecule has 1 heterocycles. The molecule has 0 aliphatic carbocycles. The summed E-state index contributed by atoms with van der Waals surface area (Å²) >= 11 is 0. The highest BCUT2D eigenvalue weighted by Gasteiger charge is 2.37. The van der Waals surface area contributed by atoms with Crippen molar-refractivity contribution in [3.8, 4) is 11.5 Å². The zero-order valence-electron chi connectivity index (χ0n) is 17.0. The molecule has 1 aliphatic rings. The maximum Gasteiger partial charge on any atom is 0.325 e. The van der Waals surface area contributed by atoms with E-state index in [1.807, 2.05) is 42.5 Å². The molecule has 0 aromatic heterocycles. The minimum atomic E-state index is -0.534. The van der Waals surface area contributed by atoms with Crippen molar-refractivity contribution in [1.29, 1.82) is 0 Å². The molecule has 0 N–H and O–H groups in total. The summed E-state index contributed by atoms with van der Waals surface area (Å²) in [4.78, 5) is 28.8. The highest BCUT2D eigenvalue weighted by atomic mass is 16.5. The van der Waals surface area contributed by atoms with E-state index in [0.29, 0.717) is 31.1 Å². The predicted octanol–water partition coefficient (Wildman–Crippen LogP) is 2.26. The van der Waals surface area contributed by atoms with Crippen LogP contribution in [-0.4, -0.2) is 62.6 Å². The van der Waals surface area contributed by atoms with Gasteiger partial charge in [-0.05, 0) is 23.3 Å². The molecule has 1 aliphatic heterocycles. The summed E-state index contributed by atoms with van der Waals surface area (Å²) in [6.45, 7) is 1.66. The van der Waals surface area contributed by atoms with E-state index in [9.17, 15) is 9.59 Å². The Balaban J connectivity index is 1.94. The van der Waals surface area contributed by atoms with Crippen LogP contribution >= 0.6 is 0 Å². The molecular weight excluding hydrogens is 372 g/mol. The Morgan fingerprint density at radius 2 is 1.72 bits per heavy atom. The van der Waals surface area contributed by atoms with E-state index in [1.165, 1.54) is 7.11 Å². The average molecular weight is 398 g/mol. The van der Waals surface area contributed by atoms with E-state index < -0.39 is 12.0 Å². The van der Waals surface area contributed by atoms with Gasteiger partial charge in [-0.1, -0.05) is 36.4 Å². The van der Waals surface area contributed by atoms with Crippen molar-refractivity contribution in [2.75, 3.05) is 41.0 Å². The molecule has 1 fully saturated rings. The Morgan fingerprint density at radius 3 is 2.38 bits per heavy atom. The van der Waals surface area contributed by atoms with Gasteiger partial charge < -0.3 is 19.1 Å². The summed E-state index contributed by atoms with van der Waals surface area (Å²) in [7, 11) is 4.46. The lowest BCUT2D eigenvalue weighted by atomic mass is 9.99. The second kappa shape index (κ2) is 9.43. The monoisotopic (exact) mass is 398 g/mol. The van der Waals surface area contributed by atoms with Crippen LogP contribution in [0.25, 0.3) is 0 Å². The van der Waals surface area contributed by atoms with E-state index in [2.05, 4.69) is 4.90 Å². The molecule has 1 atom stereocenters. The Bertz CT molecular complexity index is 856. The lowest BCUT2D eigenvalue weighted by Gasteiger charge is -2.40. The molecule has 0 radical (unpaired) electrons. The lowest BCUT2D eigenvalue weighted by molar-refractivity contribution is -0.152. The Hall–Kier alpha value is -3.06. The number of piperazine rings is 1. The number of carbonyl (C=O) groups excluding carboxylic acids is 2. The van der Waals surface area contributed by atoms with Crippen molar-refractivity contribution in [3.63, 3.8) is 0 Å². The van der Waals surface area contributed by atoms with Gasteiger partial charge in [-0.3, -0.25) is 14.5 Å². The number of methoxy groups -OCH3 is 3. The number of benzene rings is 2. The fourth-order valence-electron chi connectivity index (χ4n) is 3.56. The van der Waals surface area contributed by atoms with Crippen LogP contribution in [0.5, 0.6) is 11.5 Å². The Morgan fingerprint density at radius 1 is 1.00 bits per heavy atom. The smallest absolute Gasteiger partial charge is 0.325 e. The number of ether oxygens (including phenoxy) is 3. The van der Waals surface area contributed by atoms with Crippen molar-refractivity contribution < 1.29 is 23.8 Å². The van der Waals surface area contributed by atoms with Gasteiger partial charge in [-0.2, -0.15) is 0 Å². The molecule has 7 nitrogen and oxygen atoms in total. The summed E-state index contributed by atoms with van der Waals surface area (Å²) in [6, 6.07) is 15.0. The van der Waals surface area contributed by atoms with Gasteiger partial charge >= 0.3 is 5.97 Å². The van der Waals surface area contributed by atoms with E-state index in [4.69, 9.17) is 14.2 Å². The first-order chi connectivity index (χ1) is 14.1. The molecule has 0 bridgehead atoms. The first kappa shape index (κ1) is 20.7. The molecular formula is C22H26N2O5. The van der Waals surface area contributed by atoms with Gasteiger partial charge in [0.25, 0.3) is 0 Å². The van der Waals surface area contributed by atoms with Gasteiger partial charge in [0.2, 0.25) is 5.91 Å². The van der Waals surface area contributed by atoms with Crippen molar-refractivity contribution in [2.24, 2.45) is 0 Å². The normalized spacial score (nSPS) is 17.1. The van der Waals surface area contributed by atoms with Crippen LogP contribution in [0, 0.1) is 0 Å². The van der Waals surface area contributed by atoms with E-state index in [1.54, 1.807) is 25.2 Å². The molecule has 1 amide bonds. The lowest BCUT2D eigenvalue weighted by Crippen LogP contribution is -2.53. The van der Waals surface area contributed by atoms with Gasteiger partial charge in [0.05, 0.1) is 21.3 Å². The Kier molecular flexibility index (Phi) is 6.72. The first-order valence-corrected chi connectivity index (χ1v) is 9.43. The molecule has 7 heteroatoms. The van der Waals surface area contributed by atoms with E-state index >= 15 is 0 Å². The predicted molar refractivity (Wildman–Crippen MR) is 108 cm³/mol. The Labute approximate surface area is 170 Å². The number of hydrogen-bond acceptors (Lipinski definition) is 6. The van der Waals surface area contributed by atoms with Gasteiger partial charge in [0.15, 0.2) is 11.5 Å². The maximum absolute atomic E-state index is 13.3. The zero-order valence-corrected chi connectivity index (χ0v) is 17.0. The zero-order chi connectivity index (χ0) is 20.8.